The first-order valence-corrected chi connectivity index (χ1v) is 10.0. The molecule has 3 rings (SSSR count). The SMILES string of the molecule is Cc1ccccc1C(C)NC(=O)C(C)N1CCN(C(=O)c2ccc(F)cc2)CC1. The van der Waals surface area contributed by atoms with Gasteiger partial charge in [0.2, 0.25) is 5.91 Å². The van der Waals surface area contributed by atoms with Crippen molar-refractivity contribution >= 4 is 11.8 Å². The quantitative estimate of drug-likeness (QED) is 0.843. The van der Waals surface area contributed by atoms with Crippen LogP contribution in [0.2, 0.25) is 0 Å². The van der Waals surface area contributed by atoms with E-state index in [1.807, 2.05) is 45.0 Å². The second-order valence-corrected chi connectivity index (χ2v) is 7.60. The Kier molecular flexibility index (Phi) is 6.64. The highest BCUT2D eigenvalue weighted by Gasteiger charge is 2.28. The summed E-state index contributed by atoms with van der Waals surface area (Å²) in [5.41, 5.74) is 2.75. The van der Waals surface area contributed by atoms with Crippen molar-refractivity contribution in [3.05, 3.63) is 71.0 Å². The van der Waals surface area contributed by atoms with Crippen LogP contribution >= 0.6 is 0 Å². The minimum Gasteiger partial charge on any atom is -0.348 e. The number of halogens is 1. The number of nitrogens with one attached hydrogen (secondary N) is 1. The fourth-order valence-corrected chi connectivity index (χ4v) is 3.74. The number of aryl methyl sites for hydroxylation is 1. The minimum absolute atomic E-state index is 0.0148. The Morgan fingerprint density at radius 2 is 1.59 bits per heavy atom. The van der Waals surface area contributed by atoms with Gasteiger partial charge in [0.1, 0.15) is 5.82 Å². The van der Waals surface area contributed by atoms with Gasteiger partial charge in [-0.1, -0.05) is 24.3 Å². The van der Waals surface area contributed by atoms with E-state index in [1.165, 1.54) is 24.3 Å². The smallest absolute Gasteiger partial charge is 0.253 e. The molecule has 154 valence electrons. The van der Waals surface area contributed by atoms with Crippen molar-refractivity contribution < 1.29 is 14.0 Å². The number of piperazine rings is 1. The van der Waals surface area contributed by atoms with Gasteiger partial charge >= 0.3 is 0 Å². The van der Waals surface area contributed by atoms with Crippen LogP contribution < -0.4 is 5.32 Å². The van der Waals surface area contributed by atoms with Crippen molar-refractivity contribution in [3.63, 3.8) is 0 Å². The molecule has 1 aliphatic rings. The van der Waals surface area contributed by atoms with Crippen LogP contribution in [0.25, 0.3) is 0 Å². The van der Waals surface area contributed by atoms with E-state index in [9.17, 15) is 14.0 Å². The number of rotatable bonds is 5. The molecule has 1 N–H and O–H groups in total. The van der Waals surface area contributed by atoms with Gasteiger partial charge in [-0.2, -0.15) is 0 Å². The number of hydrogen-bond donors (Lipinski definition) is 1. The van der Waals surface area contributed by atoms with Crippen LogP contribution in [0.1, 0.15) is 41.4 Å². The first-order chi connectivity index (χ1) is 13.9. The predicted octanol–water partition coefficient (Wildman–Crippen LogP) is 3.16. The van der Waals surface area contributed by atoms with Crippen molar-refractivity contribution in [2.24, 2.45) is 0 Å². The van der Waals surface area contributed by atoms with Crippen molar-refractivity contribution in [2.75, 3.05) is 26.2 Å². The van der Waals surface area contributed by atoms with Crippen molar-refractivity contribution in [2.45, 2.75) is 32.9 Å². The van der Waals surface area contributed by atoms with Gasteiger partial charge in [0.05, 0.1) is 12.1 Å². The monoisotopic (exact) mass is 397 g/mol. The molecule has 1 fully saturated rings. The normalized spacial score (nSPS) is 16.9. The molecule has 2 atom stereocenters. The summed E-state index contributed by atoms with van der Waals surface area (Å²) in [7, 11) is 0. The Morgan fingerprint density at radius 3 is 2.21 bits per heavy atom. The maximum absolute atomic E-state index is 13.1. The summed E-state index contributed by atoms with van der Waals surface area (Å²) in [6.45, 7) is 8.27. The molecule has 29 heavy (non-hydrogen) atoms. The Bertz CT molecular complexity index is 861. The molecular weight excluding hydrogens is 369 g/mol. The van der Waals surface area contributed by atoms with Gasteiger partial charge in [0.25, 0.3) is 5.91 Å². The van der Waals surface area contributed by atoms with Crippen molar-refractivity contribution in [1.82, 2.24) is 15.1 Å². The Balaban J connectivity index is 1.53. The second kappa shape index (κ2) is 9.18. The molecule has 2 aromatic rings. The standard InChI is InChI=1S/C23H28FN3O2/c1-16-6-4-5-7-21(16)17(2)25-22(28)18(3)26-12-14-27(15-13-26)23(29)19-8-10-20(24)11-9-19/h4-11,17-18H,12-15H2,1-3H3,(H,25,28). The number of nitrogens with zero attached hydrogens (tertiary/aromatic N) is 2. The van der Waals surface area contributed by atoms with Crippen LogP contribution in [-0.2, 0) is 4.79 Å². The largest absolute Gasteiger partial charge is 0.348 e. The fraction of sp³-hybridized carbons (Fsp3) is 0.391. The Hall–Kier alpha value is -2.73. The van der Waals surface area contributed by atoms with E-state index < -0.39 is 0 Å². The topological polar surface area (TPSA) is 52.7 Å². The lowest BCUT2D eigenvalue weighted by Crippen LogP contribution is -2.55. The molecule has 0 saturated carbocycles. The lowest BCUT2D eigenvalue weighted by atomic mass is 10.0. The lowest BCUT2D eigenvalue weighted by Gasteiger charge is -2.37. The highest BCUT2D eigenvalue weighted by molar-refractivity contribution is 5.94. The predicted molar refractivity (Wildman–Crippen MR) is 111 cm³/mol. The summed E-state index contributed by atoms with van der Waals surface area (Å²) < 4.78 is 13.1. The third-order valence-electron chi connectivity index (χ3n) is 5.63. The highest BCUT2D eigenvalue weighted by atomic mass is 19.1. The molecule has 0 aliphatic carbocycles. The molecule has 0 aromatic heterocycles. The summed E-state index contributed by atoms with van der Waals surface area (Å²) in [6.07, 6.45) is 0. The maximum atomic E-state index is 13.1. The molecule has 2 aromatic carbocycles. The second-order valence-electron chi connectivity index (χ2n) is 7.60. The van der Waals surface area contributed by atoms with Crippen LogP contribution in [0.4, 0.5) is 4.39 Å². The number of hydrogen-bond acceptors (Lipinski definition) is 3. The van der Waals surface area contributed by atoms with E-state index >= 15 is 0 Å². The molecular formula is C23H28FN3O2. The molecule has 5 nitrogen and oxygen atoms in total. The zero-order valence-corrected chi connectivity index (χ0v) is 17.2. The third kappa shape index (κ3) is 5.01. The van der Waals surface area contributed by atoms with E-state index in [4.69, 9.17) is 0 Å². The molecule has 1 saturated heterocycles. The fourth-order valence-electron chi connectivity index (χ4n) is 3.74. The average Bonchev–Trinajstić information content (AvgIpc) is 2.73. The van der Waals surface area contributed by atoms with Gasteiger partial charge in [-0.25, -0.2) is 4.39 Å². The van der Waals surface area contributed by atoms with E-state index in [1.54, 1.807) is 4.90 Å². The van der Waals surface area contributed by atoms with Crippen molar-refractivity contribution in [3.8, 4) is 0 Å². The van der Waals surface area contributed by atoms with Gasteiger partial charge in [-0.15, -0.1) is 0 Å². The number of carbonyl (C=O) groups excluding carboxylic acids is 2. The molecule has 1 aliphatic heterocycles. The van der Waals surface area contributed by atoms with Crippen LogP contribution in [0.15, 0.2) is 48.5 Å². The molecule has 0 radical (unpaired) electrons. The van der Waals surface area contributed by atoms with E-state index in [2.05, 4.69) is 10.2 Å². The van der Waals surface area contributed by atoms with Gasteiger partial charge in [0, 0.05) is 31.7 Å². The lowest BCUT2D eigenvalue weighted by molar-refractivity contribution is -0.127. The number of carbonyl (C=O) groups is 2. The van der Waals surface area contributed by atoms with E-state index in [0.29, 0.717) is 31.7 Å². The molecule has 6 heteroatoms. The molecule has 2 unspecified atom stereocenters. The van der Waals surface area contributed by atoms with Crippen LogP contribution in [0, 0.1) is 12.7 Å². The maximum Gasteiger partial charge on any atom is 0.253 e. The zero-order valence-electron chi connectivity index (χ0n) is 17.2. The number of benzene rings is 2. The summed E-state index contributed by atoms with van der Waals surface area (Å²) in [4.78, 5) is 29.1. The summed E-state index contributed by atoms with van der Waals surface area (Å²) in [5.74, 6) is -0.472. The minimum atomic E-state index is -0.355. The highest BCUT2D eigenvalue weighted by Crippen LogP contribution is 2.18. The van der Waals surface area contributed by atoms with E-state index in [0.717, 1.165) is 11.1 Å². The molecule has 2 amide bonds. The first-order valence-electron chi connectivity index (χ1n) is 10.0. The molecule has 0 bridgehead atoms. The van der Waals surface area contributed by atoms with Crippen LogP contribution in [-0.4, -0.2) is 53.8 Å². The molecule has 0 spiro atoms. The van der Waals surface area contributed by atoms with Gasteiger partial charge in [0.15, 0.2) is 0 Å². The zero-order chi connectivity index (χ0) is 21.0. The van der Waals surface area contributed by atoms with Gasteiger partial charge in [-0.05, 0) is 56.2 Å². The molecule has 1 heterocycles. The number of amides is 2. The Labute approximate surface area is 171 Å². The van der Waals surface area contributed by atoms with E-state index in [-0.39, 0.29) is 29.7 Å². The van der Waals surface area contributed by atoms with Gasteiger partial charge in [-0.3, -0.25) is 14.5 Å². The van der Waals surface area contributed by atoms with Crippen molar-refractivity contribution in [1.29, 1.82) is 0 Å². The summed E-state index contributed by atoms with van der Waals surface area (Å²) >= 11 is 0. The summed E-state index contributed by atoms with van der Waals surface area (Å²) in [5, 5.41) is 3.10. The van der Waals surface area contributed by atoms with Gasteiger partial charge < -0.3 is 10.2 Å². The van der Waals surface area contributed by atoms with Crippen LogP contribution in [0.3, 0.4) is 0 Å². The summed E-state index contributed by atoms with van der Waals surface area (Å²) in [6, 6.07) is 13.3. The average molecular weight is 397 g/mol. The third-order valence-corrected chi connectivity index (χ3v) is 5.63. The first kappa shape index (κ1) is 21.0. The van der Waals surface area contributed by atoms with Crippen LogP contribution in [0.5, 0.6) is 0 Å². The Morgan fingerprint density at radius 1 is 0.966 bits per heavy atom.